The molecule has 1 aromatic rings. The van der Waals surface area contributed by atoms with E-state index < -0.39 is 11.7 Å². The fourth-order valence-corrected chi connectivity index (χ4v) is 3.22. The van der Waals surface area contributed by atoms with Crippen LogP contribution in [-0.2, 0) is 6.18 Å². The molecule has 1 aliphatic rings. The Labute approximate surface area is 118 Å². The Balaban J connectivity index is 2.23. The highest BCUT2D eigenvalue weighted by atomic mass is 19.4. The lowest BCUT2D eigenvalue weighted by Gasteiger charge is -2.22. The number of benzene rings is 1. The maximum Gasteiger partial charge on any atom is 0.416 e. The van der Waals surface area contributed by atoms with Crippen LogP contribution in [0.4, 0.5) is 13.2 Å². The van der Waals surface area contributed by atoms with Crippen LogP contribution >= 0.6 is 0 Å². The number of hydrogen-bond donors (Lipinski definition) is 1. The van der Waals surface area contributed by atoms with Crippen LogP contribution in [0.3, 0.4) is 0 Å². The van der Waals surface area contributed by atoms with Gasteiger partial charge in [0, 0.05) is 6.04 Å². The predicted octanol–water partition coefficient (Wildman–Crippen LogP) is 4.65. The molecule has 2 unspecified atom stereocenters. The van der Waals surface area contributed by atoms with Gasteiger partial charge >= 0.3 is 6.18 Å². The Bertz CT molecular complexity index is 454. The van der Waals surface area contributed by atoms with Crippen molar-refractivity contribution in [1.29, 1.82) is 0 Å². The summed E-state index contributed by atoms with van der Waals surface area (Å²) in [6.45, 7) is 1.80. The summed E-state index contributed by atoms with van der Waals surface area (Å²) in [6, 6.07) is 4.67. The lowest BCUT2D eigenvalue weighted by atomic mass is 9.87. The topological polar surface area (TPSA) is 12.0 Å². The minimum atomic E-state index is -4.25. The fourth-order valence-electron chi connectivity index (χ4n) is 3.22. The third-order valence-electron chi connectivity index (χ3n) is 4.37. The Morgan fingerprint density at radius 3 is 2.45 bits per heavy atom. The van der Waals surface area contributed by atoms with Crippen molar-refractivity contribution >= 4 is 0 Å². The van der Waals surface area contributed by atoms with Crippen molar-refractivity contribution in [3.63, 3.8) is 0 Å². The van der Waals surface area contributed by atoms with Gasteiger partial charge in [-0.1, -0.05) is 18.9 Å². The first-order valence-corrected chi connectivity index (χ1v) is 7.27. The van der Waals surface area contributed by atoms with E-state index in [-0.39, 0.29) is 0 Å². The van der Waals surface area contributed by atoms with Crippen molar-refractivity contribution in [3.05, 3.63) is 34.9 Å². The molecule has 0 aromatic heterocycles. The summed E-state index contributed by atoms with van der Waals surface area (Å²) in [5.41, 5.74) is 1.30. The van der Waals surface area contributed by atoms with Gasteiger partial charge in [0.1, 0.15) is 0 Å². The number of halogens is 3. The SMILES string of the molecule is CNC1CCCCC(c2ccc(C(F)(F)F)cc2C)C1. The summed E-state index contributed by atoms with van der Waals surface area (Å²) in [6.07, 6.45) is 1.35. The number of alkyl halides is 3. The van der Waals surface area contributed by atoms with Crippen molar-refractivity contribution in [2.75, 3.05) is 7.05 Å². The standard InChI is InChI=1S/C16H22F3N/c1-11-9-13(16(17,18)19)7-8-15(11)12-5-3-4-6-14(10-12)20-2/h7-9,12,14,20H,3-6,10H2,1-2H3. The summed E-state index contributed by atoms with van der Waals surface area (Å²) in [5.74, 6) is 0.372. The van der Waals surface area contributed by atoms with Crippen molar-refractivity contribution in [2.45, 2.75) is 57.2 Å². The third-order valence-corrected chi connectivity index (χ3v) is 4.37. The summed E-state index contributed by atoms with van der Waals surface area (Å²) < 4.78 is 38.1. The molecule has 20 heavy (non-hydrogen) atoms. The highest BCUT2D eigenvalue weighted by Gasteiger charge is 2.31. The molecule has 1 aliphatic carbocycles. The van der Waals surface area contributed by atoms with E-state index in [1.807, 2.05) is 7.05 Å². The minimum Gasteiger partial charge on any atom is -0.317 e. The van der Waals surface area contributed by atoms with E-state index in [1.54, 1.807) is 13.0 Å². The quantitative estimate of drug-likeness (QED) is 0.780. The third kappa shape index (κ3) is 3.54. The van der Waals surface area contributed by atoms with E-state index in [0.29, 0.717) is 12.0 Å². The molecule has 2 rings (SSSR count). The molecule has 0 bridgehead atoms. The molecule has 0 amide bonds. The molecule has 0 heterocycles. The molecule has 0 spiro atoms. The van der Waals surface area contributed by atoms with E-state index >= 15 is 0 Å². The average molecular weight is 285 g/mol. The van der Waals surface area contributed by atoms with Gasteiger partial charge in [-0.3, -0.25) is 0 Å². The summed E-state index contributed by atoms with van der Waals surface area (Å²) in [5, 5.41) is 3.32. The molecule has 1 nitrogen and oxygen atoms in total. The van der Waals surface area contributed by atoms with Crippen molar-refractivity contribution in [1.82, 2.24) is 5.32 Å². The maximum absolute atomic E-state index is 12.7. The Kier molecular flexibility index (Phi) is 4.74. The first-order valence-electron chi connectivity index (χ1n) is 7.27. The number of hydrogen-bond acceptors (Lipinski definition) is 1. The molecule has 4 heteroatoms. The van der Waals surface area contributed by atoms with Gasteiger partial charge in [0.05, 0.1) is 5.56 Å². The van der Waals surface area contributed by atoms with Crippen LogP contribution in [-0.4, -0.2) is 13.1 Å². The summed E-state index contributed by atoms with van der Waals surface area (Å²) in [4.78, 5) is 0. The zero-order chi connectivity index (χ0) is 14.8. The molecule has 0 radical (unpaired) electrons. The smallest absolute Gasteiger partial charge is 0.317 e. The van der Waals surface area contributed by atoms with Gasteiger partial charge in [0.15, 0.2) is 0 Å². The zero-order valence-corrected chi connectivity index (χ0v) is 12.1. The van der Waals surface area contributed by atoms with Crippen LogP contribution < -0.4 is 5.32 Å². The lowest BCUT2D eigenvalue weighted by molar-refractivity contribution is -0.137. The zero-order valence-electron chi connectivity index (χ0n) is 12.1. The molecular weight excluding hydrogens is 263 g/mol. The Morgan fingerprint density at radius 2 is 1.85 bits per heavy atom. The summed E-state index contributed by atoms with van der Waals surface area (Å²) in [7, 11) is 1.96. The minimum absolute atomic E-state index is 0.372. The van der Waals surface area contributed by atoms with Gasteiger partial charge in [-0.05, 0) is 62.4 Å². The monoisotopic (exact) mass is 285 g/mol. The molecule has 112 valence electrons. The van der Waals surface area contributed by atoms with Crippen LogP contribution in [0, 0.1) is 6.92 Å². The number of rotatable bonds is 2. The van der Waals surface area contributed by atoms with E-state index in [2.05, 4.69) is 5.32 Å². The normalized spacial score (nSPS) is 24.4. The van der Waals surface area contributed by atoms with Crippen molar-refractivity contribution in [3.8, 4) is 0 Å². The van der Waals surface area contributed by atoms with Gasteiger partial charge in [-0.25, -0.2) is 0 Å². The van der Waals surface area contributed by atoms with Crippen LogP contribution in [0.15, 0.2) is 18.2 Å². The molecule has 0 aliphatic heterocycles. The molecule has 1 N–H and O–H groups in total. The van der Waals surface area contributed by atoms with E-state index in [4.69, 9.17) is 0 Å². The lowest BCUT2D eigenvalue weighted by Crippen LogP contribution is -2.26. The number of nitrogens with one attached hydrogen (secondary N) is 1. The average Bonchev–Trinajstić information content (AvgIpc) is 2.62. The molecular formula is C16H22F3N. The maximum atomic E-state index is 12.7. The van der Waals surface area contributed by atoms with Gasteiger partial charge in [0.25, 0.3) is 0 Å². The largest absolute Gasteiger partial charge is 0.416 e. The van der Waals surface area contributed by atoms with Crippen LogP contribution in [0.25, 0.3) is 0 Å². The second kappa shape index (κ2) is 6.17. The van der Waals surface area contributed by atoms with Crippen LogP contribution in [0.1, 0.15) is 54.7 Å². The molecule has 1 fully saturated rings. The summed E-state index contributed by atoms with van der Waals surface area (Å²) >= 11 is 0. The van der Waals surface area contributed by atoms with Crippen molar-refractivity contribution in [2.24, 2.45) is 0 Å². The van der Waals surface area contributed by atoms with Gasteiger partial charge < -0.3 is 5.32 Å². The Hall–Kier alpha value is -1.03. The van der Waals surface area contributed by atoms with E-state index in [9.17, 15) is 13.2 Å². The molecule has 2 atom stereocenters. The van der Waals surface area contributed by atoms with E-state index in [0.717, 1.165) is 36.8 Å². The van der Waals surface area contributed by atoms with Crippen LogP contribution in [0.2, 0.25) is 0 Å². The van der Waals surface area contributed by atoms with Gasteiger partial charge in [-0.15, -0.1) is 0 Å². The predicted molar refractivity (Wildman–Crippen MR) is 74.9 cm³/mol. The Morgan fingerprint density at radius 1 is 1.15 bits per heavy atom. The molecule has 1 aromatic carbocycles. The second-order valence-corrected chi connectivity index (χ2v) is 5.77. The second-order valence-electron chi connectivity index (χ2n) is 5.77. The number of aryl methyl sites for hydroxylation is 1. The molecule has 0 saturated heterocycles. The fraction of sp³-hybridized carbons (Fsp3) is 0.625. The first-order chi connectivity index (χ1) is 9.41. The first kappa shape index (κ1) is 15.4. The highest BCUT2D eigenvalue weighted by Crippen LogP contribution is 2.36. The van der Waals surface area contributed by atoms with Gasteiger partial charge in [0.2, 0.25) is 0 Å². The van der Waals surface area contributed by atoms with Gasteiger partial charge in [-0.2, -0.15) is 13.2 Å². The van der Waals surface area contributed by atoms with E-state index in [1.165, 1.54) is 18.6 Å². The molecule has 1 saturated carbocycles. The highest BCUT2D eigenvalue weighted by molar-refractivity contribution is 5.35. The van der Waals surface area contributed by atoms with Crippen LogP contribution in [0.5, 0.6) is 0 Å². The van der Waals surface area contributed by atoms with Crippen molar-refractivity contribution < 1.29 is 13.2 Å².